The summed E-state index contributed by atoms with van der Waals surface area (Å²) >= 11 is 0. The second-order valence-corrected chi connectivity index (χ2v) is 6.08. The number of rotatable bonds is 9. The van der Waals surface area contributed by atoms with Crippen LogP contribution in [0, 0.1) is 10.1 Å². The van der Waals surface area contributed by atoms with Gasteiger partial charge in [-0.1, -0.05) is 6.92 Å². The lowest BCUT2D eigenvalue weighted by Gasteiger charge is -2.09. The number of benzene rings is 1. The van der Waals surface area contributed by atoms with E-state index in [4.69, 9.17) is 10.5 Å². The van der Waals surface area contributed by atoms with E-state index in [0.29, 0.717) is 19.6 Å². The van der Waals surface area contributed by atoms with Crippen LogP contribution >= 0.6 is 0 Å². The molecular weight excluding hydrogens is 298 g/mol. The van der Waals surface area contributed by atoms with Crippen molar-refractivity contribution in [3.8, 4) is 0 Å². The molecule has 0 saturated heterocycles. The van der Waals surface area contributed by atoms with Gasteiger partial charge < -0.3 is 10.5 Å². The number of anilines is 1. The molecule has 1 aromatic carbocycles. The first-order chi connectivity index (χ1) is 9.88. The maximum atomic E-state index is 12.0. The Bertz CT molecular complexity index is 589. The number of sulfonamides is 1. The number of hydrogen-bond donors (Lipinski definition) is 2. The number of nitrogens with zero attached hydrogens (tertiary/aromatic N) is 1. The Hall–Kier alpha value is -1.71. The predicted molar refractivity (Wildman–Crippen MR) is 78.4 cm³/mol. The molecule has 0 spiro atoms. The Labute approximate surface area is 123 Å². The summed E-state index contributed by atoms with van der Waals surface area (Å²) in [6.45, 7) is 3.30. The summed E-state index contributed by atoms with van der Waals surface area (Å²) in [5.41, 5.74) is 5.16. The number of nitro benzene ring substituents is 1. The minimum Gasteiger partial charge on any atom is -0.397 e. The molecule has 0 unspecified atom stereocenters. The number of nitrogens with one attached hydrogen (secondary N) is 1. The third-order valence-corrected chi connectivity index (χ3v) is 4.13. The zero-order valence-corrected chi connectivity index (χ0v) is 12.6. The molecule has 0 bridgehead atoms. The van der Waals surface area contributed by atoms with E-state index in [-0.39, 0.29) is 22.8 Å². The van der Waals surface area contributed by atoms with Gasteiger partial charge in [-0.3, -0.25) is 10.1 Å². The van der Waals surface area contributed by atoms with Crippen LogP contribution < -0.4 is 10.5 Å². The molecular formula is C12H19N3O5S. The summed E-state index contributed by atoms with van der Waals surface area (Å²) < 4.78 is 31.7. The van der Waals surface area contributed by atoms with E-state index in [1.165, 1.54) is 0 Å². The van der Waals surface area contributed by atoms with Gasteiger partial charge in [0.05, 0.1) is 10.6 Å². The molecule has 0 atom stereocenters. The Morgan fingerprint density at radius 2 is 2.10 bits per heavy atom. The van der Waals surface area contributed by atoms with Gasteiger partial charge in [0.25, 0.3) is 5.69 Å². The van der Waals surface area contributed by atoms with Gasteiger partial charge in [-0.05, 0) is 18.9 Å². The lowest BCUT2D eigenvalue weighted by molar-refractivity contribution is -0.384. The lowest BCUT2D eigenvalue weighted by atomic mass is 10.3. The third kappa shape index (κ3) is 5.29. The van der Waals surface area contributed by atoms with E-state index >= 15 is 0 Å². The highest BCUT2D eigenvalue weighted by Gasteiger charge is 2.19. The monoisotopic (exact) mass is 317 g/mol. The number of hydrogen-bond acceptors (Lipinski definition) is 6. The van der Waals surface area contributed by atoms with E-state index in [1.807, 2.05) is 6.92 Å². The standard InChI is InChI=1S/C12H19N3O5S/c1-2-7-20-8-3-6-14-21(18,19)12-5-4-10(15(16)17)9-11(12)13/h4-5,9,14H,2-3,6-8,13H2,1H3. The van der Waals surface area contributed by atoms with Crippen molar-refractivity contribution in [2.75, 3.05) is 25.5 Å². The van der Waals surface area contributed by atoms with Crippen LogP contribution in [0.3, 0.4) is 0 Å². The average Bonchev–Trinajstić information content (AvgIpc) is 2.42. The van der Waals surface area contributed by atoms with Crippen molar-refractivity contribution < 1.29 is 18.1 Å². The molecule has 9 heteroatoms. The second kappa shape index (κ2) is 7.91. The Balaban J connectivity index is 2.64. The molecule has 0 saturated carbocycles. The highest BCUT2D eigenvalue weighted by molar-refractivity contribution is 7.89. The number of ether oxygens (including phenoxy) is 1. The summed E-state index contributed by atoms with van der Waals surface area (Å²) in [7, 11) is -3.78. The van der Waals surface area contributed by atoms with Gasteiger partial charge in [-0.15, -0.1) is 0 Å². The first kappa shape index (κ1) is 17.3. The average molecular weight is 317 g/mol. The molecule has 0 radical (unpaired) electrons. The highest BCUT2D eigenvalue weighted by atomic mass is 32.2. The fraction of sp³-hybridized carbons (Fsp3) is 0.500. The SMILES string of the molecule is CCCOCCCNS(=O)(=O)c1ccc([N+](=O)[O-])cc1N. The van der Waals surface area contributed by atoms with Crippen LogP contribution in [-0.2, 0) is 14.8 Å². The molecule has 0 aromatic heterocycles. The van der Waals surface area contributed by atoms with Crippen LogP contribution in [0.25, 0.3) is 0 Å². The first-order valence-electron chi connectivity index (χ1n) is 6.50. The molecule has 1 rings (SSSR count). The molecule has 0 heterocycles. The normalized spacial score (nSPS) is 11.5. The summed E-state index contributed by atoms with van der Waals surface area (Å²) in [4.78, 5) is 9.78. The molecule has 0 aliphatic heterocycles. The fourth-order valence-electron chi connectivity index (χ4n) is 1.60. The Morgan fingerprint density at radius 1 is 1.38 bits per heavy atom. The minimum atomic E-state index is -3.78. The smallest absolute Gasteiger partial charge is 0.271 e. The summed E-state index contributed by atoms with van der Waals surface area (Å²) in [6, 6.07) is 3.26. The van der Waals surface area contributed by atoms with E-state index < -0.39 is 14.9 Å². The Morgan fingerprint density at radius 3 is 2.67 bits per heavy atom. The highest BCUT2D eigenvalue weighted by Crippen LogP contribution is 2.23. The first-order valence-corrected chi connectivity index (χ1v) is 7.98. The topological polar surface area (TPSA) is 125 Å². The van der Waals surface area contributed by atoms with Gasteiger partial charge >= 0.3 is 0 Å². The summed E-state index contributed by atoms with van der Waals surface area (Å²) in [6.07, 6.45) is 1.44. The molecule has 3 N–H and O–H groups in total. The second-order valence-electron chi connectivity index (χ2n) is 4.34. The number of nitrogens with two attached hydrogens (primary N) is 1. The van der Waals surface area contributed by atoms with E-state index in [2.05, 4.69) is 4.72 Å². The number of nitro groups is 1. The molecule has 0 fully saturated rings. The van der Waals surface area contributed by atoms with Crippen molar-refractivity contribution in [1.29, 1.82) is 0 Å². The molecule has 1 aromatic rings. The van der Waals surface area contributed by atoms with Gasteiger partial charge in [0.2, 0.25) is 10.0 Å². The predicted octanol–water partition coefficient (Wildman–Crippen LogP) is 1.27. The molecule has 0 aliphatic rings. The third-order valence-electron chi connectivity index (χ3n) is 2.60. The van der Waals surface area contributed by atoms with Crippen molar-refractivity contribution >= 4 is 21.4 Å². The van der Waals surface area contributed by atoms with Crippen LogP contribution in [0.4, 0.5) is 11.4 Å². The van der Waals surface area contributed by atoms with E-state index in [1.54, 1.807) is 0 Å². The van der Waals surface area contributed by atoms with Crippen molar-refractivity contribution in [2.24, 2.45) is 0 Å². The fourth-order valence-corrected chi connectivity index (χ4v) is 2.78. The van der Waals surface area contributed by atoms with Gasteiger partial charge in [0, 0.05) is 31.9 Å². The van der Waals surface area contributed by atoms with Crippen LogP contribution in [-0.4, -0.2) is 33.1 Å². The van der Waals surface area contributed by atoms with Crippen molar-refractivity contribution in [3.63, 3.8) is 0 Å². The largest absolute Gasteiger partial charge is 0.397 e. The van der Waals surface area contributed by atoms with Crippen LogP contribution in [0.5, 0.6) is 0 Å². The molecule has 8 nitrogen and oxygen atoms in total. The van der Waals surface area contributed by atoms with E-state index in [0.717, 1.165) is 24.6 Å². The van der Waals surface area contributed by atoms with Gasteiger partial charge in [-0.25, -0.2) is 13.1 Å². The summed E-state index contributed by atoms with van der Waals surface area (Å²) in [5.74, 6) is 0. The lowest BCUT2D eigenvalue weighted by Crippen LogP contribution is -2.26. The maximum absolute atomic E-state index is 12.0. The summed E-state index contributed by atoms with van der Waals surface area (Å²) in [5, 5.41) is 10.6. The van der Waals surface area contributed by atoms with E-state index in [9.17, 15) is 18.5 Å². The zero-order chi connectivity index (χ0) is 15.9. The van der Waals surface area contributed by atoms with Gasteiger partial charge in [0.1, 0.15) is 4.90 Å². The van der Waals surface area contributed by atoms with Crippen molar-refractivity contribution in [2.45, 2.75) is 24.7 Å². The minimum absolute atomic E-state index is 0.154. The van der Waals surface area contributed by atoms with Crippen molar-refractivity contribution in [1.82, 2.24) is 4.72 Å². The Kier molecular flexibility index (Phi) is 6.53. The number of non-ortho nitro benzene ring substituents is 1. The zero-order valence-electron chi connectivity index (χ0n) is 11.7. The number of nitrogen functional groups attached to an aromatic ring is 1. The maximum Gasteiger partial charge on any atom is 0.271 e. The quantitative estimate of drug-likeness (QED) is 0.306. The van der Waals surface area contributed by atoms with Gasteiger partial charge in [-0.2, -0.15) is 0 Å². The van der Waals surface area contributed by atoms with Crippen LogP contribution in [0.15, 0.2) is 23.1 Å². The molecule has 0 aliphatic carbocycles. The molecule has 0 amide bonds. The van der Waals surface area contributed by atoms with Crippen LogP contribution in [0.1, 0.15) is 19.8 Å². The molecule has 21 heavy (non-hydrogen) atoms. The van der Waals surface area contributed by atoms with Crippen molar-refractivity contribution in [3.05, 3.63) is 28.3 Å². The molecule has 118 valence electrons. The van der Waals surface area contributed by atoms with Gasteiger partial charge in [0.15, 0.2) is 0 Å². The van der Waals surface area contributed by atoms with Crippen LogP contribution in [0.2, 0.25) is 0 Å².